The van der Waals surface area contributed by atoms with Crippen LogP contribution >= 0.6 is 22.9 Å². The van der Waals surface area contributed by atoms with Crippen LogP contribution in [0.1, 0.15) is 22.8 Å². The fourth-order valence-corrected chi connectivity index (χ4v) is 5.68. The molecular formula is C21H16ClFN2O5S2. The molecule has 1 heterocycles. The van der Waals surface area contributed by atoms with Crippen LogP contribution in [0.4, 0.5) is 4.39 Å². The summed E-state index contributed by atoms with van der Waals surface area (Å²) in [4.78, 5) is 11.7. The molecule has 0 spiro atoms. The van der Waals surface area contributed by atoms with Crippen molar-refractivity contribution in [2.75, 3.05) is 7.05 Å². The van der Waals surface area contributed by atoms with Crippen molar-refractivity contribution in [3.63, 3.8) is 0 Å². The van der Waals surface area contributed by atoms with Gasteiger partial charge in [0.15, 0.2) is 0 Å². The van der Waals surface area contributed by atoms with Crippen LogP contribution in [0.15, 0.2) is 58.8 Å². The maximum atomic E-state index is 13.7. The Morgan fingerprint density at radius 1 is 1.25 bits per heavy atom. The molecular weight excluding hydrogens is 479 g/mol. The largest absolute Gasteiger partial charge is 0.478 e. The van der Waals surface area contributed by atoms with Gasteiger partial charge in [-0.25, -0.2) is 17.6 Å². The van der Waals surface area contributed by atoms with E-state index in [1.807, 2.05) is 0 Å². The third-order valence-corrected chi connectivity index (χ3v) is 7.87. The number of rotatable bonds is 8. The molecule has 1 unspecified atom stereocenters. The van der Waals surface area contributed by atoms with E-state index in [0.29, 0.717) is 9.90 Å². The molecule has 166 valence electrons. The summed E-state index contributed by atoms with van der Waals surface area (Å²) >= 11 is 6.79. The summed E-state index contributed by atoms with van der Waals surface area (Å²) in [5, 5.41) is 18.5. The van der Waals surface area contributed by atoms with Crippen molar-refractivity contribution >= 4 is 38.9 Å². The molecule has 32 heavy (non-hydrogen) atoms. The number of sulfonamides is 1. The van der Waals surface area contributed by atoms with Gasteiger partial charge in [-0.2, -0.15) is 9.57 Å². The number of nitrogens with zero attached hydrogens (tertiary/aromatic N) is 2. The Kier molecular flexibility index (Phi) is 7.16. The van der Waals surface area contributed by atoms with E-state index >= 15 is 0 Å². The first kappa shape index (κ1) is 23.7. The predicted octanol–water partition coefficient (Wildman–Crippen LogP) is 4.44. The van der Waals surface area contributed by atoms with Gasteiger partial charge in [0.25, 0.3) is 10.0 Å². The molecule has 3 rings (SSSR count). The second-order valence-electron chi connectivity index (χ2n) is 6.68. The number of carboxylic acid groups (broad SMARTS) is 1. The van der Waals surface area contributed by atoms with Crippen LogP contribution < -0.4 is 4.74 Å². The molecule has 1 aromatic heterocycles. The Morgan fingerprint density at radius 3 is 2.50 bits per heavy atom. The molecule has 0 bridgehead atoms. The number of halogens is 2. The summed E-state index contributed by atoms with van der Waals surface area (Å²) in [6.07, 6.45) is -1.53. The second kappa shape index (κ2) is 9.67. The lowest BCUT2D eigenvalue weighted by atomic mass is 10.1. The summed E-state index contributed by atoms with van der Waals surface area (Å²) in [5.41, 5.74) is 0.593. The van der Waals surface area contributed by atoms with E-state index in [4.69, 9.17) is 21.6 Å². The highest BCUT2D eigenvalue weighted by molar-refractivity contribution is 7.91. The Morgan fingerprint density at radius 2 is 1.94 bits per heavy atom. The summed E-state index contributed by atoms with van der Waals surface area (Å²) < 4.78 is 46.1. The predicted molar refractivity (Wildman–Crippen MR) is 117 cm³/mol. The Balaban J connectivity index is 1.75. The molecule has 2 aromatic carbocycles. The van der Waals surface area contributed by atoms with Crippen molar-refractivity contribution < 1.29 is 27.4 Å². The van der Waals surface area contributed by atoms with Crippen molar-refractivity contribution in [1.29, 1.82) is 5.26 Å². The van der Waals surface area contributed by atoms with Gasteiger partial charge in [0, 0.05) is 19.2 Å². The van der Waals surface area contributed by atoms with Gasteiger partial charge in [-0.15, -0.1) is 11.3 Å². The molecule has 7 nitrogen and oxygen atoms in total. The van der Waals surface area contributed by atoms with Crippen LogP contribution in [0.2, 0.25) is 4.34 Å². The van der Waals surface area contributed by atoms with Crippen LogP contribution in [-0.4, -0.2) is 30.8 Å². The van der Waals surface area contributed by atoms with Crippen molar-refractivity contribution in [1.82, 2.24) is 4.31 Å². The Labute approximate surface area is 192 Å². The maximum absolute atomic E-state index is 13.7. The minimum Gasteiger partial charge on any atom is -0.478 e. The number of hydrogen-bond donors (Lipinski definition) is 1. The zero-order valence-corrected chi connectivity index (χ0v) is 18.9. The first-order chi connectivity index (χ1) is 15.1. The zero-order chi connectivity index (χ0) is 23.5. The minimum atomic E-state index is -3.71. The van der Waals surface area contributed by atoms with E-state index in [2.05, 4.69) is 0 Å². The summed E-state index contributed by atoms with van der Waals surface area (Å²) in [6.45, 7) is 0.0654. The molecule has 0 saturated carbocycles. The number of nitriles is 1. The highest BCUT2D eigenvalue weighted by Gasteiger charge is 2.25. The molecule has 0 saturated heterocycles. The highest BCUT2D eigenvalue weighted by Crippen LogP contribution is 2.29. The van der Waals surface area contributed by atoms with Gasteiger partial charge in [-0.1, -0.05) is 23.7 Å². The van der Waals surface area contributed by atoms with Crippen LogP contribution in [0.5, 0.6) is 5.75 Å². The maximum Gasteiger partial charge on any atom is 0.349 e. The van der Waals surface area contributed by atoms with Gasteiger partial charge >= 0.3 is 5.97 Å². The molecule has 11 heteroatoms. The van der Waals surface area contributed by atoms with Gasteiger partial charge in [-0.05, 0) is 48.0 Å². The van der Waals surface area contributed by atoms with E-state index in [-0.39, 0.29) is 27.6 Å². The number of ether oxygens (including phenoxy) is 1. The van der Waals surface area contributed by atoms with Gasteiger partial charge < -0.3 is 9.84 Å². The van der Waals surface area contributed by atoms with E-state index < -0.39 is 27.9 Å². The van der Waals surface area contributed by atoms with Crippen molar-refractivity contribution in [3.05, 3.63) is 81.4 Å². The quantitative estimate of drug-likeness (QED) is 0.496. The second-order valence-corrected chi connectivity index (χ2v) is 10.7. The number of hydrogen-bond acceptors (Lipinski definition) is 6. The van der Waals surface area contributed by atoms with Crippen LogP contribution in [0.3, 0.4) is 0 Å². The standard InChI is InChI=1S/C21H16ClFN2O5S2/c1-25(32(28,29)19-7-6-18(22)31-19)12-13-2-4-17(5-3-13)30-20(21(26)27)15-8-14(11-24)9-16(23)10-15/h2-10,20H,12H2,1H3,(H,26,27). The molecule has 0 fully saturated rings. The first-order valence-corrected chi connectivity index (χ1v) is 11.6. The molecule has 0 aliphatic carbocycles. The van der Waals surface area contributed by atoms with E-state index in [9.17, 15) is 22.7 Å². The SMILES string of the molecule is CN(Cc1ccc(OC(C(=O)O)c2cc(F)cc(C#N)c2)cc1)S(=O)(=O)c1ccc(Cl)s1. The van der Waals surface area contributed by atoms with E-state index in [1.165, 1.54) is 41.7 Å². The molecule has 1 atom stereocenters. The van der Waals surface area contributed by atoms with Crippen molar-refractivity contribution in [2.45, 2.75) is 16.9 Å². The van der Waals surface area contributed by atoms with Crippen molar-refractivity contribution in [2.24, 2.45) is 0 Å². The van der Waals surface area contributed by atoms with Crippen LogP contribution in [-0.2, 0) is 21.4 Å². The average molecular weight is 495 g/mol. The van der Waals surface area contributed by atoms with Gasteiger partial charge in [0.2, 0.25) is 6.10 Å². The number of carbonyl (C=O) groups is 1. The zero-order valence-electron chi connectivity index (χ0n) is 16.5. The number of carboxylic acids is 1. The minimum absolute atomic E-state index is 0.0152. The Bertz CT molecular complexity index is 1290. The number of aliphatic carboxylic acids is 1. The molecule has 3 aromatic rings. The van der Waals surface area contributed by atoms with Crippen LogP contribution in [0.25, 0.3) is 0 Å². The lowest BCUT2D eigenvalue weighted by Gasteiger charge is -2.18. The smallest absolute Gasteiger partial charge is 0.349 e. The highest BCUT2D eigenvalue weighted by atomic mass is 35.5. The third kappa shape index (κ3) is 5.44. The topological polar surface area (TPSA) is 108 Å². The van der Waals surface area contributed by atoms with Crippen LogP contribution in [0, 0.1) is 17.1 Å². The summed E-state index contributed by atoms with van der Waals surface area (Å²) in [5.74, 6) is -1.93. The van der Waals surface area contributed by atoms with Crippen molar-refractivity contribution in [3.8, 4) is 11.8 Å². The lowest BCUT2D eigenvalue weighted by Crippen LogP contribution is -2.25. The van der Waals surface area contributed by atoms with Gasteiger partial charge in [-0.3, -0.25) is 0 Å². The molecule has 0 aliphatic heterocycles. The van der Waals surface area contributed by atoms with E-state index in [0.717, 1.165) is 23.5 Å². The average Bonchev–Trinajstić information content (AvgIpc) is 3.19. The fourth-order valence-electron chi connectivity index (χ4n) is 2.83. The molecule has 1 N–H and O–H groups in total. The third-order valence-electron chi connectivity index (χ3n) is 4.37. The monoisotopic (exact) mass is 494 g/mol. The lowest BCUT2D eigenvalue weighted by molar-refractivity contribution is -0.145. The molecule has 0 amide bonds. The summed E-state index contributed by atoms with van der Waals surface area (Å²) in [7, 11) is -2.27. The summed E-state index contributed by atoms with van der Waals surface area (Å²) in [6, 6.07) is 14.1. The Hall–Kier alpha value is -2.97. The van der Waals surface area contributed by atoms with E-state index in [1.54, 1.807) is 18.2 Å². The molecule has 0 aliphatic rings. The number of benzene rings is 2. The van der Waals surface area contributed by atoms with Gasteiger partial charge in [0.05, 0.1) is 16.0 Å². The molecule has 0 radical (unpaired) electrons. The number of thiophene rings is 1. The van der Waals surface area contributed by atoms with Gasteiger partial charge in [0.1, 0.15) is 15.8 Å². The normalized spacial score (nSPS) is 12.3. The first-order valence-electron chi connectivity index (χ1n) is 9.01. The fraction of sp³-hybridized carbons (Fsp3) is 0.143.